The Morgan fingerprint density at radius 3 is 2.56 bits per heavy atom. The van der Waals surface area contributed by atoms with Crippen molar-refractivity contribution >= 4 is 35.0 Å². The van der Waals surface area contributed by atoms with Gasteiger partial charge in [-0.05, 0) is 24.6 Å². The lowest BCUT2D eigenvalue weighted by Gasteiger charge is -2.43. The van der Waals surface area contributed by atoms with Crippen molar-refractivity contribution in [3.63, 3.8) is 0 Å². The fourth-order valence-electron chi connectivity index (χ4n) is 4.66. The van der Waals surface area contributed by atoms with Crippen molar-refractivity contribution in [1.29, 1.82) is 0 Å². The number of amidine groups is 1. The lowest BCUT2D eigenvalue weighted by molar-refractivity contribution is -0.0980. The predicted molar refractivity (Wildman–Crippen MR) is 138 cm³/mol. The van der Waals surface area contributed by atoms with E-state index in [2.05, 4.69) is 40.4 Å². The van der Waals surface area contributed by atoms with Crippen molar-refractivity contribution in [3.05, 3.63) is 90.0 Å². The van der Waals surface area contributed by atoms with E-state index in [0.29, 0.717) is 42.2 Å². The van der Waals surface area contributed by atoms with Crippen LogP contribution in [0.25, 0.3) is 16.6 Å². The summed E-state index contributed by atoms with van der Waals surface area (Å²) < 4.78 is 14.9. The molecule has 0 saturated carbocycles. The Morgan fingerprint density at radius 1 is 1.14 bits per heavy atom. The van der Waals surface area contributed by atoms with Crippen LogP contribution in [0.4, 0.5) is 4.39 Å². The lowest BCUT2D eigenvalue weighted by Crippen LogP contribution is -2.51. The molecule has 1 saturated heterocycles. The number of aromatic nitrogens is 1. The van der Waals surface area contributed by atoms with Crippen LogP contribution in [0.3, 0.4) is 0 Å². The normalized spacial score (nSPS) is 17.2. The number of piperazine rings is 1. The van der Waals surface area contributed by atoms with Gasteiger partial charge in [-0.1, -0.05) is 43.5 Å². The van der Waals surface area contributed by atoms with Gasteiger partial charge < -0.3 is 19.6 Å². The molecule has 1 aromatic heterocycles. The van der Waals surface area contributed by atoms with Crippen LogP contribution in [0.2, 0.25) is 0 Å². The Kier molecular flexibility index (Phi) is 7.30. The van der Waals surface area contributed by atoms with E-state index < -0.39 is 5.82 Å². The van der Waals surface area contributed by atoms with Gasteiger partial charge in [-0.15, -0.1) is 0 Å². The number of carbonyl (C=O) groups excluding carboxylic acids is 2. The van der Waals surface area contributed by atoms with Crippen molar-refractivity contribution in [2.45, 2.75) is 13.0 Å². The van der Waals surface area contributed by atoms with Gasteiger partial charge in [0, 0.05) is 48.5 Å². The van der Waals surface area contributed by atoms with Gasteiger partial charge in [0.2, 0.25) is 5.78 Å². The number of hydroxylamine groups is 1. The van der Waals surface area contributed by atoms with Crippen LogP contribution < -0.4 is 5.48 Å². The van der Waals surface area contributed by atoms with Crippen LogP contribution in [0.5, 0.6) is 0 Å². The highest BCUT2D eigenvalue weighted by molar-refractivity contribution is 6.19. The summed E-state index contributed by atoms with van der Waals surface area (Å²) in [5.41, 5.74) is 6.48. The molecule has 0 unspecified atom stereocenters. The summed E-state index contributed by atoms with van der Waals surface area (Å²) in [4.78, 5) is 38.0. The van der Waals surface area contributed by atoms with E-state index in [-0.39, 0.29) is 29.5 Å². The third-order valence-electron chi connectivity index (χ3n) is 6.47. The average molecular weight is 490 g/mol. The first-order valence-electron chi connectivity index (χ1n) is 11.5. The topological polar surface area (TPSA) is 90.0 Å². The molecule has 3 aromatic rings. The molecule has 1 fully saturated rings. The molecule has 0 amide bonds. The first-order chi connectivity index (χ1) is 17.5. The third kappa shape index (κ3) is 4.52. The Bertz CT molecular complexity index is 1330. The van der Waals surface area contributed by atoms with Crippen LogP contribution in [0.15, 0.2) is 72.5 Å². The third-order valence-corrected chi connectivity index (χ3v) is 6.47. The molecule has 36 heavy (non-hydrogen) atoms. The summed E-state index contributed by atoms with van der Waals surface area (Å²) >= 11 is 0. The summed E-state index contributed by atoms with van der Waals surface area (Å²) in [6.45, 7) is 14.6. The van der Waals surface area contributed by atoms with E-state index in [1.165, 1.54) is 6.07 Å². The van der Waals surface area contributed by atoms with Gasteiger partial charge in [0.05, 0.1) is 16.8 Å². The maximum absolute atomic E-state index is 14.9. The monoisotopic (exact) mass is 489 g/mol. The molecule has 2 aromatic carbocycles. The minimum atomic E-state index is -0.479. The molecule has 1 atom stereocenters. The Morgan fingerprint density at radius 2 is 1.89 bits per heavy atom. The van der Waals surface area contributed by atoms with Crippen LogP contribution >= 0.6 is 0 Å². The van der Waals surface area contributed by atoms with Crippen molar-refractivity contribution in [1.82, 2.24) is 20.3 Å². The number of halogens is 1. The number of aliphatic imine (C=N–C) groups is 1. The number of rotatable bonds is 6. The molecule has 5 rings (SSSR count). The largest absolute Gasteiger partial charge is 0.368 e. The van der Waals surface area contributed by atoms with Crippen molar-refractivity contribution < 1.29 is 18.8 Å². The zero-order valence-corrected chi connectivity index (χ0v) is 20.1. The Labute approximate surface area is 208 Å². The molecular formula is C27H28FN5O3. The fourth-order valence-corrected chi connectivity index (χ4v) is 4.66. The van der Waals surface area contributed by atoms with Crippen molar-refractivity contribution in [3.8, 4) is 0 Å². The molecule has 3 heterocycles. The lowest BCUT2D eigenvalue weighted by atomic mass is 10.0. The number of benzene rings is 2. The maximum atomic E-state index is 14.9. The van der Waals surface area contributed by atoms with E-state index in [9.17, 15) is 9.18 Å². The van der Waals surface area contributed by atoms with E-state index in [1.807, 2.05) is 42.0 Å². The van der Waals surface area contributed by atoms with Gasteiger partial charge in [-0.2, -0.15) is 0 Å². The Hall–Kier alpha value is -4.24. The van der Waals surface area contributed by atoms with E-state index in [1.54, 1.807) is 12.3 Å². The molecule has 0 bridgehead atoms. The maximum Gasteiger partial charge on any atom is 0.210 e. The van der Waals surface area contributed by atoms with Gasteiger partial charge >= 0.3 is 0 Å². The first kappa shape index (κ1) is 24.9. The second kappa shape index (κ2) is 10.6. The highest BCUT2D eigenvalue weighted by Crippen LogP contribution is 2.29. The number of hydrogen-bond acceptors (Lipinski definition) is 7. The van der Waals surface area contributed by atoms with E-state index in [0.717, 1.165) is 11.3 Å². The SMILES string of the molecule is C=C(c1ccccc1)N1CCN(C(=C)C(=O)c2c[nH]c3c(C4=NCON4)ccc(F)c23)[C@H](C)C1.C=O. The van der Waals surface area contributed by atoms with Gasteiger partial charge in [0.15, 0.2) is 12.6 Å². The number of aromatic amines is 1. The minimum absolute atomic E-state index is 0.0328. The molecule has 2 aliphatic heterocycles. The number of H-pyrrole nitrogens is 1. The smallest absolute Gasteiger partial charge is 0.210 e. The number of nitrogens with zero attached hydrogens (tertiary/aromatic N) is 3. The van der Waals surface area contributed by atoms with Crippen LogP contribution in [0.1, 0.15) is 28.4 Å². The van der Waals surface area contributed by atoms with Gasteiger partial charge in [-0.25, -0.2) is 14.9 Å². The summed E-state index contributed by atoms with van der Waals surface area (Å²) in [5, 5.41) is 0.226. The molecule has 0 spiro atoms. The summed E-state index contributed by atoms with van der Waals surface area (Å²) in [7, 11) is 0. The zero-order chi connectivity index (χ0) is 25.8. The van der Waals surface area contributed by atoms with Crippen LogP contribution in [-0.2, 0) is 9.63 Å². The number of nitrogens with one attached hydrogen (secondary N) is 2. The van der Waals surface area contributed by atoms with Gasteiger partial charge in [0.1, 0.15) is 12.6 Å². The van der Waals surface area contributed by atoms with Gasteiger partial charge in [-0.3, -0.25) is 9.63 Å². The molecule has 9 heteroatoms. The fraction of sp³-hybridized carbons (Fsp3) is 0.222. The number of ketones is 1. The van der Waals surface area contributed by atoms with Crippen molar-refractivity contribution in [2.24, 2.45) is 4.99 Å². The Balaban J connectivity index is 0.00000148. The molecule has 0 aliphatic carbocycles. The number of carbonyl (C=O) groups is 2. The quantitative estimate of drug-likeness (QED) is 0.405. The molecular weight excluding hydrogens is 461 g/mol. The van der Waals surface area contributed by atoms with Crippen LogP contribution in [-0.4, -0.2) is 65.6 Å². The number of fused-ring (bicyclic) bond motifs is 1. The second-order valence-corrected chi connectivity index (χ2v) is 8.51. The summed E-state index contributed by atoms with van der Waals surface area (Å²) in [6.07, 6.45) is 1.54. The minimum Gasteiger partial charge on any atom is -0.368 e. The highest BCUT2D eigenvalue weighted by Gasteiger charge is 2.30. The predicted octanol–water partition coefficient (Wildman–Crippen LogP) is 3.73. The molecule has 2 N–H and O–H groups in total. The zero-order valence-electron chi connectivity index (χ0n) is 20.1. The van der Waals surface area contributed by atoms with E-state index in [4.69, 9.17) is 9.63 Å². The summed E-state index contributed by atoms with van der Waals surface area (Å²) in [6, 6.07) is 13.0. The number of allylic oxidation sites excluding steroid dienone is 1. The number of Topliss-reactive ketones (excluding diaryl/α,β-unsaturated/α-hetero) is 1. The standard InChI is InChI=1S/C26H26FN5O2.CH2O/c1-16-14-31(17(2)19-7-5-4-6-8-19)11-12-32(16)18(3)25(33)21-13-28-24-20(26-29-15-34-30-26)9-10-22(27)23(21)24;1-2/h4-10,13,16,28H,2-3,11-12,14-15H2,1H3,(H,29,30);1H2/t16-;/m1./s1. The van der Waals surface area contributed by atoms with Crippen LogP contribution in [0, 0.1) is 5.82 Å². The highest BCUT2D eigenvalue weighted by atomic mass is 19.1. The number of hydrogen-bond donors (Lipinski definition) is 2. The molecule has 0 radical (unpaired) electrons. The summed E-state index contributed by atoms with van der Waals surface area (Å²) in [5.74, 6) is -0.289. The van der Waals surface area contributed by atoms with E-state index >= 15 is 0 Å². The first-order valence-corrected chi connectivity index (χ1v) is 11.5. The molecule has 186 valence electrons. The van der Waals surface area contributed by atoms with Crippen molar-refractivity contribution in [2.75, 3.05) is 26.4 Å². The molecule has 2 aliphatic rings. The second-order valence-electron chi connectivity index (χ2n) is 8.51. The van der Waals surface area contributed by atoms with Gasteiger partial charge in [0.25, 0.3) is 0 Å². The average Bonchev–Trinajstić information content (AvgIpc) is 3.61. The molecule has 8 nitrogen and oxygen atoms in total.